The molecule has 1 aromatic heterocycles. The minimum Gasteiger partial charge on any atom is -0.446 e. The van der Waals surface area contributed by atoms with Crippen LogP contribution in [0.25, 0.3) is 0 Å². The summed E-state index contributed by atoms with van der Waals surface area (Å²) in [5.74, 6) is -0.256. The van der Waals surface area contributed by atoms with Crippen LogP contribution in [0.4, 0.5) is 0 Å². The fraction of sp³-hybridized carbons (Fsp3) is 0.556. The molecule has 0 bridgehead atoms. The van der Waals surface area contributed by atoms with Crippen LogP contribution in [0.2, 0.25) is 0 Å². The maximum Gasteiger partial charge on any atom is 0.273 e. The van der Waals surface area contributed by atoms with Crippen LogP contribution in [0.5, 0.6) is 0 Å². The molecule has 1 rings (SSSR count). The highest BCUT2D eigenvalue weighted by molar-refractivity contribution is 7.90. The summed E-state index contributed by atoms with van der Waals surface area (Å²) in [6.07, 6.45) is 0. The SMILES string of the molecule is CCNS(=O)(=O)CCNS(=O)(=O)c1ccc(CO)o1. The molecule has 0 aromatic carbocycles. The van der Waals surface area contributed by atoms with E-state index in [2.05, 4.69) is 9.44 Å². The standard InChI is InChI=1S/C9H16N2O6S2/c1-2-10-18(13,14)6-5-11-19(15,16)9-4-3-8(7-12)17-9/h3-4,10-12H,2,5-7H2,1H3. The molecule has 0 aliphatic carbocycles. The average Bonchev–Trinajstić information content (AvgIpc) is 2.77. The molecule has 19 heavy (non-hydrogen) atoms. The summed E-state index contributed by atoms with van der Waals surface area (Å²) < 4.78 is 55.2. The number of rotatable bonds is 8. The molecule has 110 valence electrons. The summed E-state index contributed by atoms with van der Waals surface area (Å²) in [5, 5.41) is 8.40. The van der Waals surface area contributed by atoms with Crippen molar-refractivity contribution in [2.45, 2.75) is 18.6 Å². The van der Waals surface area contributed by atoms with E-state index in [1.165, 1.54) is 12.1 Å². The first-order chi connectivity index (χ1) is 8.80. The van der Waals surface area contributed by atoms with Gasteiger partial charge in [-0.1, -0.05) is 6.92 Å². The van der Waals surface area contributed by atoms with Crippen molar-refractivity contribution in [1.82, 2.24) is 9.44 Å². The largest absolute Gasteiger partial charge is 0.446 e. The fourth-order valence-electron chi connectivity index (χ4n) is 1.26. The van der Waals surface area contributed by atoms with Gasteiger partial charge >= 0.3 is 0 Å². The highest BCUT2D eigenvalue weighted by Gasteiger charge is 2.19. The summed E-state index contributed by atoms with van der Waals surface area (Å²) in [6, 6.07) is 2.51. The molecule has 0 amide bonds. The molecule has 0 spiro atoms. The summed E-state index contributed by atoms with van der Waals surface area (Å²) in [5.41, 5.74) is 0. The van der Waals surface area contributed by atoms with Crippen LogP contribution in [-0.4, -0.2) is 40.8 Å². The highest BCUT2D eigenvalue weighted by atomic mass is 32.2. The minimum absolute atomic E-state index is 0.112. The van der Waals surface area contributed by atoms with Gasteiger partial charge in [-0.05, 0) is 12.1 Å². The zero-order valence-corrected chi connectivity index (χ0v) is 11.9. The van der Waals surface area contributed by atoms with Gasteiger partial charge in [-0.15, -0.1) is 0 Å². The molecule has 0 atom stereocenters. The molecule has 0 aliphatic rings. The number of hydrogen-bond donors (Lipinski definition) is 3. The second-order valence-electron chi connectivity index (χ2n) is 3.59. The van der Waals surface area contributed by atoms with Crippen LogP contribution in [0.3, 0.4) is 0 Å². The lowest BCUT2D eigenvalue weighted by Crippen LogP contribution is -2.34. The predicted octanol–water partition coefficient (Wildman–Crippen LogP) is -1.01. The molecule has 1 aromatic rings. The molecule has 0 radical (unpaired) electrons. The van der Waals surface area contributed by atoms with E-state index in [0.29, 0.717) is 0 Å². The number of aliphatic hydroxyl groups excluding tert-OH is 1. The van der Waals surface area contributed by atoms with Crippen molar-refractivity contribution in [1.29, 1.82) is 0 Å². The van der Waals surface area contributed by atoms with Crippen LogP contribution in [0, 0.1) is 0 Å². The smallest absolute Gasteiger partial charge is 0.273 e. The molecule has 0 fully saturated rings. The molecule has 0 unspecified atom stereocenters. The van der Waals surface area contributed by atoms with Gasteiger partial charge in [0.1, 0.15) is 12.4 Å². The fourth-order valence-corrected chi connectivity index (χ4v) is 3.32. The third-order valence-electron chi connectivity index (χ3n) is 2.08. The Balaban J connectivity index is 2.61. The topological polar surface area (TPSA) is 126 Å². The van der Waals surface area contributed by atoms with Gasteiger partial charge in [0.2, 0.25) is 15.1 Å². The number of aliphatic hydroxyl groups is 1. The zero-order valence-electron chi connectivity index (χ0n) is 10.3. The number of nitrogens with one attached hydrogen (secondary N) is 2. The van der Waals surface area contributed by atoms with E-state index in [1.54, 1.807) is 6.92 Å². The van der Waals surface area contributed by atoms with Crippen molar-refractivity contribution in [3.8, 4) is 0 Å². The summed E-state index contributed by atoms with van der Waals surface area (Å²) in [7, 11) is -7.39. The third kappa shape index (κ3) is 4.91. The van der Waals surface area contributed by atoms with Gasteiger partial charge in [-0.25, -0.2) is 26.3 Å². The van der Waals surface area contributed by atoms with E-state index < -0.39 is 26.7 Å². The molecule has 1 heterocycles. The van der Waals surface area contributed by atoms with Gasteiger partial charge in [0.25, 0.3) is 10.0 Å². The van der Waals surface area contributed by atoms with E-state index in [1.807, 2.05) is 0 Å². The maximum atomic E-state index is 11.7. The highest BCUT2D eigenvalue weighted by Crippen LogP contribution is 2.13. The molecular weight excluding hydrogens is 296 g/mol. The van der Waals surface area contributed by atoms with Gasteiger partial charge in [0.15, 0.2) is 0 Å². The molecule has 10 heteroatoms. The van der Waals surface area contributed by atoms with E-state index in [0.717, 1.165) is 0 Å². The Bertz CT molecular complexity index is 604. The lowest BCUT2D eigenvalue weighted by Gasteiger charge is -2.05. The second-order valence-corrected chi connectivity index (χ2v) is 7.22. The van der Waals surface area contributed by atoms with E-state index >= 15 is 0 Å². The van der Waals surface area contributed by atoms with E-state index in [-0.39, 0.29) is 29.7 Å². The average molecular weight is 312 g/mol. The quantitative estimate of drug-likeness (QED) is 0.564. The van der Waals surface area contributed by atoms with E-state index in [9.17, 15) is 16.8 Å². The van der Waals surface area contributed by atoms with Gasteiger partial charge < -0.3 is 9.52 Å². The third-order valence-corrected chi connectivity index (χ3v) is 4.89. The predicted molar refractivity (Wildman–Crippen MR) is 67.3 cm³/mol. The molecule has 8 nitrogen and oxygen atoms in total. The van der Waals surface area contributed by atoms with E-state index in [4.69, 9.17) is 9.52 Å². The Morgan fingerprint density at radius 2 is 1.89 bits per heavy atom. The zero-order chi connectivity index (χ0) is 14.5. The minimum atomic E-state index is -3.91. The van der Waals surface area contributed by atoms with Crippen LogP contribution in [-0.2, 0) is 26.7 Å². The second kappa shape index (κ2) is 6.48. The normalized spacial score (nSPS) is 12.7. The van der Waals surface area contributed by atoms with Crippen LogP contribution < -0.4 is 9.44 Å². The number of furan rings is 1. The molecule has 0 saturated carbocycles. The van der Waals surface area contributed by atoms with Crippen LogP contribution in [0.1, 0.15) is 12.7 Å². The van der Waals surface area contributed by atoms with Gasteiger partial charge in [-0.3, -0.25) is 0 Å². The molecule has 0 saturated heterocycles. The Morgan fingerprint density at radius 3 is 2.42 bits per heavy atom. The van der Waals surface area contributed by atoms with Crippen molar-refractivity contribution >= 4 is 20.0 Å². The monoisotopic (exact) mass is 312 g/mol. The number of sulfonamides is 2. The van der Waals surface area contributed by atoms with Crippen molar-refractivity contribution < 1.29 is 26.4 Å². The Labute approximate surface area is 111 Å². The van der Waals surface area contributed by atoms with Gasteiger partial charge in [0, 0.05) is 13.1 Å². The van der Waals surface area contributed by atoms with Gasteiger partial charge in [0.05, 0.1) is 5.75 Å². The first kappa shape index (κ1) is 16.1. The summed E-state index contributed by atoms with van der Waals surface area (Å²) >= 11 is 0. The number of hydrogen-bond acceptors (Lipinski definition) is 6. The van der Waals surface area contributed by atoms with Gasteiger partial charge in [-0.2, -0.15) is 0 Å². The molecular formula is C9H16N2O6S2. The summed E-state index contributed by atoms with van der Waals surface area (Å²) in [4.78, 5) is 0. The maximum absolute atomic E-state index is 11.7. The first-order valence-electron chi connectivity index (χ1n) is 5.47. The van der Waals surface area contributed by atoms with Crippen molar-refractivity contribution in [2.75, 3.05) is 18.8 Å². The Morgan fingerprint density at radius 1 is 1.21 bits per heavy atom. The lowest BCUT2D eigenvalue weighted by molar-refractivity contribution is 0.236. The molecule has 0 aliphatic heterocycles. The Kier molecular flexibility index (Phi) is 5.50. The first-order valence-corrected chi connectivity index (χ1v) is 8.61. The van der Waals surface area contributed by atoms with Crippen molar-refractivity contribution in [2.24, 2.45) is 0 Å². The Hall–Kier alpha value is -0.940. The summed E-state index contributed by atoms with van der Waals surface area (Å²) in [6.45, 7) is 1.19. The van der Waals surface area contributed by atoms with Crippen molar-refractivity contribution in [3.05, 3.63) is 17.9 Å². The van der Waals surface area contributed by atoms with Crippen LogP contribution >= 0.6 is 0 Å². The lowest BCUT2D eigenvalue weighted by atomic mass is 10.5. The van der Waals surface area contributed by atoms with Crippen molar-refractivity contribution in [3.63, 3.8) is 0 Å². The van der Waals surface area contributed by atoms with Crippen LogP contribution in [0.15, 0.2) is 21.6 Å². The molecule has 3 N–H and O–H groups in total.